The highest BCUT2D eigenvalue weighted by atomic mass is 35.5. The number of nitrogens with zero attached hydrogens (tertiary/aromatic N) is 2. The smallest absolute Gasteiger partial charge is 0.255 e. The van der Waals surface area contributed by atoms with E-state index in [9.17, 15) is 9.59 Å². The van der Waals surface area contributed by atoms with Crippen LogP contribution in [0, 0.1) is 0 Å². The molecule has 1 aromatic rings. The Hall–Kier alpha value is -1.55. The van der Waals surface area contributed by atoms with E-state index in [0.29, 0.717) is 23.7 Å². The molecule has 5 heteroatoms. The zero-order valence-electron chi connectivity index (χ0n) is 12.0. The molecule has 20 heavy (non-hydrogen) atoms. The fraction of sp³-hybridized carbons (Fsp3) is 0.467. The summed E-state index contributed by atoms with van der Waals surface area (Å²) >= 11 is 6.03. The number of hydrogen-bond donors (Lipinski definition) is 0. The second-order valence-electron chi connectivity index (χ2n) is 5.92. The first kappa shape index (κ1) is 14.9. The number of piperazine rings is 1. The van der Waals surface area contributed by atoms with Gasteiger partial charge in [0, 0.05) is 18.6 Å². The molecular formula is C15H19ClN2O2. The highest BCUT2D eigenvalue weighted by Crippen LogP contribution is 2.21. The Morgan fingerprint density at radius 2 is 1.85 bits per heavy atom. The van der Waals surface area contributed by atoms with E-state index < -0.39 is 0 Å². The minimum atomic E-state index is -0.212. The fourth-order valence-corrected chi connectivity index (χ4v) is 2.58. The Morgan fingerprint density at radius 1 is 1.20 bits per heavy atom. The molecule has 1 heterocycles. The van der Waals surface area contributed by atoms with Gasteiger partial charge in [0.15, 0.2) is 0 Å². The van der Waals surface area contributed by atoms with Crippen molar-refractivity contribution in [3.63, 3.8) is 0 Å². The number of halogens is 1. The van der Waals surface area contributed by atoms with E-state index in [1.54, 1.807) is 29.2 Å². The average molecular weight is 295 g/mol. The summed E-state index contributed by atoms with van der Waals surface area (Å²) in [6.45, 7) is 7.19. The lowest BCUT2D eigenvalue weighted by Gasteiger charge is -2.42. The maximum Gasteiger partial charge on any atom is 0.255 e. The number of benzene rings is 1. The van der Waals surface area contributed by atoms with Crippen molar-refractivity contribution in [2.75, 3.05) is 19.6 Å². The van der Waals surface area contributed by atoms with Crippen LogP contribution in [0.5, 0.6) is 0 Å². The Bertz CT molecular complexity index is 537. The van der Waals surface area contributed by atoms with Crippen molar-refractivity contribution in [1.29, 1.82) is 0 Å². The van der Waals surface area contributed by atoms with Crippen LogP contribution < -0.4 is 0 Å². The van der Waals surface area contributed by atoms with Crippen molar-refractivity contribution < 1.29 is 9.59 Å². The summed E-state index contributed by atoms with van der Waals surface area (Å²) in [5, 5.41) is 0.420. The lowest BCUT2D eigenvalue weighted by molar-refractivity contribution is -0.140. The van der Waals surface area contributed by atoms with Crippen LogP contribution >= 0.6 is 11.6 Å². The molecule has 0 bridgehead atoms. The molecule has 0 radical (unpaired) electrons. The molecule has 0 saturated carbocycles. The van der Waals surface area contributed by atoms with E-state index >= 15 is 0 Å². The number of amides is 2. The van der Waals surface area contributed by atoms with E-state index in [1.165, 1.54) is 0 Å². The summed E-state index contributed by atoms with van der Waals surface area (Å²) in [6, 6.07) is 6.92. The highest BCUT2D eigenvalue weighted by Gasteiger charge is 2.33. The summed E-state index contributed by atoms with van der Waals surface area (Å²) < 4.78 is 0. The van der Waals surface area contributed by atoms with Crippen molar-refractivity contribution in [2.45, 2.75) is 26.3 Å². The number of hydrogen-bond acceptors (Lipinski definition) is 2. The number of carbonyl (C=O) groups excluding carboxylic acids is 2. The van der Waals surface area contributed by atoms with Gasteiger partial charge in [-0.25, -0.2) is 0 Å². The normalized spacial score (nSPS) is 16.5. The van der Waals surface area contributed by atoms with Gasteiger partial charge in [0.1, 0.15) is 6.54 Å². The summed E-state index contributed by atoms with van der Waals surface area (Å²) in [6.07, 6.45) is 0. The summed E-state index contributed by atoms with van der Waals surface area (Å²) in [5.74, 6) is -0.207. The van der Waals surface area contributed by atoms with Gasteiger partial charge in [-0.15, -0.1) is 0 Å². The van der Waals surface area contributed by atoms with Crippen LogP contribution in [0.15, 0.2) is 24.3 Å². The lowest BCUT2D eigenvalue weighted by atomic mass is 10.0. The molecule has 0 spiro atoms. The Kier molecular flexibility index (Phi) is 4.04. The standard InChI is InChI=1S/C15H19ClN2O2/c1-15(2,3)18-9-8-17(10-13(18)19)14(20)11-6-4-5-7-12(11)16/h4-7H,8-10H2,1-3H3. The van der Waals surface area contributed by atoms with Crippen molar-refractivity contribution in [1.82, 2.24) is 9.80 Å². The molecule has 108 valence electrons. The lowest BCUT2D eigenvalue weighted by Crippen LogP contribution is -2.58. The summed E-state index contributed by atoms with van der Waals surface area (Å²) in [7, 11) is 0. The van der Waals surface area contributed by atoms with Gasteiger partial charge in [0.05, 0.1) is 10.6 Å². The molecule has 0 atom stereocenters. The van der Waals surface area contributed by atoms with Crippen LogP contribution in [0.25, 0.3) is 0 Å². The Balaban J connectivity index is 2.12. The molecule has 0 N–H and O–H groups in total. The van der Waals surface area contributed by atoms with E-state index in [0.717, 1.165) is 0 Å². The molecule has 1 saturated heterocycles. The number of carbonyl (C=O) groups is 2. The van der Waals surface area contributed by atoms with Gasteiger partial charge in [-0.1, -0.05) is 23.7 Å². The minimum Gasteiger partial charge on any atom is -0.335 e. The van der Waals surface area contributed by atoms with E-state index in [-0.39, 0.29) is 23.9 Å². The first-order valence-corrected chi connectivity index (χ1v) is 7.03. The molecular weight excluding hydrogens is 276 g/mol. The molecule has 2 rings (SSSR count). The van der Waals surface area contributed by atoms with Crippen LogP contribution in [0.2, 0.25) is 5.02 Å². The van der Waals surface area contributed by atoms with Crippen LogP contribution in [0.1, 0.15) is 31.1 Å². The zero-order valence-corrected chi connectivity index (χ0v) is 12.8. The van der Waals surface area contributed by atoms with Gasteiger partial charge in [-0.2, -0.15) is 0 Å². The first-order valence-electron chi connectivity index (χ1n) is 6.65. The van der Waals surface area contributed by atoms with Gasteiger partial charge < -0.3 is 9.80 Å². The van der Waals surface area contributed by atoms with Crippen molar-refractivity contribution in [3.05, 3.63) is 34.9 Å². The average Bonchev–Trinajstić information content (AvgIpc) is 2.37. The zero-order chi connectivity index (χ0) is 14.9. The van der Waals surface area contributed by atoms with Crippen LogP contribution in [-0.2, 0) is 4.79 Å². The van der Waals surface area contributed by atoms with Crippen molar-refractivity contribution in [3.8, 4) is 0 Å². The third kappa shape index (κ3) is 2.96. The molecule has 1 fully saturated rings. The van der Waals surface area contributed by atoms with Gasteiger partial charge in [0.2, 0.25) is 5.91 Å². The van der Waals surface area contributed by atoms with Gasteiger partial charge >= 0.3 is 0 Å². The first-order chi connectivity index (χ1) is 9.30. The predicted octanol–water partition coefficient (Wildman–Crippen LogP) is 2.42. The van der Waals surface area contributed by atoms with Crippen molar-refractivity contribution >= 4 is 23.4 Å². The second kappa shape index (κ2) is 5.44. The molecule has 1 aliphatic heterocycles. The molecule has 1 aromatic carbocycles. The van der Waals surface area contributed by atoms with E-state index in [4.69, 9.17) is 11.6 Å². The SMILES string of the molecule is CC(C)(C)N1CCN(C(=O)c2ccccc2Cl)CC1=O. The third-order valence-corrected chi connectivity index (χ3v) is 3.75. The van der Waals surface area contributed by atoms with Crippen LogP contribution in [0.3, 0.4) is 0 Å². The van der Waals surface area contributed by atoms with Gasteiger partial charge in [-0.05, 0) is 32.9 Å². The molecule has 0 aromatic heterocycles. The Morgan fingerprint density at radius 3 is 2.40 bits per heavy atom. The Labute approximate surface area is 124 Å². The summed E-state index contributed by atoms with van der Waals surface area (Å²) in [5.41, 5.74) is 0.238. The predicted molar refractivity (Wildman–Crippen MR) is 78.8 cm³/mol. The molecule has 2 amide bonds. The minimum absolute atomic E-state index is 0.0239. The maximum atomic E-state index is 12.4. The topological polar surface area (TPSA) is 40.6 Å². The quantitative estimate of drug-likeness (QED) is 0.798. The maximum absolute atomic E-state index is 12.4. The third-order valence-electron chi connectivity index (χ3n) is 3.42. The van der Waals surface area contributed by atoms with Crippen LogP contribution in [0.4, 0.5) is 0 Å². The molecule has 1 aliphatic rings. The summed E-state index contributed by atoms with van der Waals surface area (Å²) in [4.78, 5) is 27.9. The van der Waals surface area contributed by atoms with Crippen molar-refractivity contribution in [2.24, 2.45) is 0 Å². The molecule has 4 nitrogen and oxygen atoms in total. The second-order valence-corrected chi connectivity index (χ2v) is 6.33. The largest absolute Gasteiger partial charge is 0.335 e. The van der Waals surface area contributed by atoms with Gasteiger partial charge in [0.25, 0.3) is 5.91 Å². The van der Waals surface area contributed by atoms with Crippen LogP contribution in [-0.4, -0.2) is 46.8 Å². The van der Waals surface area contributed by atoms with Gasteiger partial charge in [-0.3, -0.25) is 9.59 Å². The molecule has 0 unspecified atom stereocenters. The highest BCUT2D eigenvalue weighted by molar-refractivity contribution is 6.33. The monoisotopic (exact) mass is 294 g/mol. The fourth-order valence-electron chi connectivity index (χ4n) is 2.36. The number of rotatable bonds is 1. The van der Waals surface area contributed by atoms with E-state index in [1.807, 2.05) is 25.7 Å². The van der Waals surface area contributed by atoms with E-state index in [2.05, 4.69) is 0 Å². The molecule has 0 aliphatic carbocycles.